The lowest BCUT2D eigenvalue weighted by atomic mass is 10.1. The highest BCUT2D eigenvalue weighted by Crippen LogP contribution is 2.30. The number of ether oxygens (including phenoxy) is 1. The summed E-state index contributed by atoms with van der Waals surface area (Å²) < 4.78 is 6.01. The van der Waals surface area contributed by atoms with Crippen molar-refractivity contribution in [3.63, 3.8) is 0 Å². The molecule has 3 N–H and O–H groups in total. The molecule has 0 fully saturated rings. The van der Waals surface area contributed by atoms with Crippen LogP contribution in [0.25, 0.3) is 0 Å². The van der Waals surface area contributed by atoms with Gasteiger partial charge in [-0.15, -0.1) is 0 Å². The van der Waals surface area contributed by atoms with Crippen molar-refractivity contribution < 1.29 is 9.94 Å². The van der Waals surface area contributed by atoms with Crippen LogP contribution in [0.4, 0.5) is 0 Å². The molecular weight excluding hydrogens is 266 g/mol. The van der Waals surface area contributed by atoms with Gasteiger partial charge >= 0.3 is 0 Å². The number of nitrogens with zero attached hydrogens (tertiary/aromatic N) is 2. The third-order valence-electron chi connectivity index (χ3n) is 3.21. The predicted molar refractivity (Wildman–Crippen MR) is 82.1 cm³/mol. The van der Waals surface area contributed by atoms with Crippen LogP contribution in [0, 0.1) is 13.8 Å². The third kappa shape index (κ3) is 3.13. The molecule has 0 atom stereocenters. The average Bonchev–Trinajstić information content (AvgIpc) is 2.49. The Morgan fingerprint density at radius 2 is 2.05 bits per heavy atom. The number of rotatable bonds is 4. The van der Waals surface area contributed by atoms with Crippen molar-refractivity contribution in [3.8, 4) is 11.5 Å². The largest absolute Gasteiger partial charge is 0.454 e. The lowest BCUT2D eigenvalue weighted by Crippen LogP contribution is -2.14. The highest BCUT2D eigenvalue weighted by molar-refractivity contribution is 6.00. The second-order valence-corrected chi connectivity index (χ2v) is 4.79. The van der Waals surface area contributed by atoms with Gasteiger partial charge in [0.1, 0.15) is 11.5 Å². The van der Waals surface area contributed by atoms with Crippen molar-refractivity contribution in [1.82, 2.24) is 4.98 Å². The standard InChI is InChI=1S/C16H19N3O2/c1-4-13-14(9-8-11(3)18-13)21-15-10(2)6-5-7-12(15)16(17)19-20/h5-9,20H,4H2,1-3H3,(H2,17,19). The fourth-order valence-electron chi connectivity index (χ4n) is 2.10. The molecule has 1 aromatic carbocycles. The van der Waals surface area contributed by atoms with E-state index in [2.05, 4.69) is 10.1 Å². The van der Waals surface area contributed by atoms with Gasteiger partial charge in [-0.1, -0.05) is 24.2 Å². The zero-order valence-electron chi connectivity index (χ0n) is 12.4. The van der Waals surface area contributed by atoms with Gasteiger partial charge in [0.2, 0.25) is 0 Å². The summed E-state index contributed by atoms with van der Waals surface area (Å²) >= 11 is 0. The normalized spacial score (nSPS) is 11.5. The Morgan fingerprint density at radius 1 is 1.29 bits per heavy atom. The Labute approximate surface area is 124 Å². The number of oxime groups is 1. The number of hydrogen-bond donors (Lipinski definition) is 2. The van der Waals surface area contributed by atoms with Crippen molar-refractivity contribution >= 4 is 5.84 Å². The van der Waals surface area contributed by atoms with Gasteiger partial charge in [-0.3, -0.25) is 4.98 Å². The van der Waals surface area contributed by atoms with Gasteiger partial charge in [0, 0.05) is 5.69 Å². The molecule has 1 heterocycles. The molecule has 0 aliphatic heterocycles. The highest BCUT2D eigenvalue weighted by Gasteiger charge is 2.14. The molecule has 110 valence electrons. The minimum absolute atomic E-state index is 0.0202. The van der Waals surface area contributed by atoms with E-state index in [0.717, 1.165) is 23.4 Å². The van der Waals surface area contributed by atoms with E-state index in [1.54, 1.807) is 6.07 Å². The van der Waals surface area contributed by atoms with Gasteiger partial charge in [0.25, 0.3) is 0 Å². The van der Waals surface area contributed by atoms with E-state index in [4.69, 9.17) is 15.7 Å². The second kappa shape index (κ2) is 6.26. The van der Waals surface area contributed by atoms with E-state index in [0.29, 0.717) is 17.1 Å². The molecule has 21 heavy (non-hydrogen) atoms. The molecule has 0 aliphatic rings. The Balaban J connectivity index is 2.49. The zero-order valence-corrected chi connectivity index (χ0v) is 12.4. The van der Waals surface area contributed by atoms with Crippen LogP contribution in [-0.2, 0) is 6.42 Å². The molecular formula is C16H19N3O2. The third-order valence-corrected chi connectivity index (χ3v) is 3.21. The number of benzene rings is 1. The van der Waals surface area contributed by atoms with Crippen LogP contribution in [-0.4, -0.2) is 16.0 Å². The molecule has 2 aromatic rings. The summed E-state index contributed by atoms with van der Waals surface area (Å²) in [6, 6.07) is 9.30. The average molecular weight is 285 g/mol. The number of pyridine rings is 1. The van der Waals surface area contributed by atoms with Crippen molar-refractivity contribution in [3.05, 3.63) is 52.8 Å². The molecule has 0 aliphatic carbocycles. The first-order chi connectivity index (χ1) is 10.1. The van der Waals surface area contributed by atoms with Gasteiger partial charge in [0.05, 0.1) is 11.3 Å². The number of para-hydroxylation sites is 1. The Bertz CT molecular complexity index is 681. The van der Waals surface area contributed by atoms with E-state index < -0.39 is 0 Å². The number of hydrogen-bond acceptors (Lipinski definition) is 4. The first-order valence-electron chi connectivity index (χ1n) is 6.78. The van der Waals surface area contributed by atoms with Crippen molar-refractivity contribution in [2.75, 3.05) is 0 Å². The molecule has 0 amide bonds. The number of nitrogens with two attached hydrogens (primary N) is 1. The van der Waals surface area contributed by atoms with Crippen LogP contribution in [0.15, 0.2) is 35.5 Å². The van der Waals surface area contributed by atoms with E-state index in [1.165, 1.54) is 0 Å². The predicted octanol–water partition coefficient (Wildman–Crippen LogP) is 3.15. The molecule has 0 saturated heterocycles. The Hall–Kier alpha value is -2.56. The lowest BCUT2D eigenvalue weighted by molar-refractivity contribution is 0.318. The fraction of sp³-hybridized carbons (Fsp3) is 0.250. The van der Waals surface area contributed by atoms with E-state index >= 15 is 0 Å². The van der Waals surface area contributed by atoms with Gasteiger partial charge in [-0.2, -0.15) is 0 Å². The van der Waals surface area contributed by atoms with Gasteiger partial charge in [-0.25, -0.2) is 0 Å². The van der Waals surface area contributed by atoms with E-state index in [9.17, 15) is 0 Å². The monoisotopic (exact) mass is 285 g/mol. The Morgan fingerprint density at radius 3 is 2.71 bits per heavy atom. The van der Waals surface area contributed by atoms with Crippen LogP contribution >= 0.6 is 0 Å². The number of aryl methyl sites for hydroxylation is 3. The molecule has 0 unspecified atom stereocenters. The summed E-state index contributed by atoms with van der Waals surface area (Å²) in [4.78, 5) is 4.48. The van der Waals surface area contributed by atoms with Crippen LogP contribution in [0.3, 0.4) is 0 Å². The molecule has 0 bridgehead atoms. The quantitative estimate of drug-likeness (QED) is 0.391. The van der Waals surface area contributed by atoms with Crippen molar-refractivity contribution in [1.29, 1.82) is 0 Å². The fourth-order valence-corrected chi connectivity index (χ4v) is 2.10. The van der Waals surface area contributed by atoms with E-state index in [-0.39, 0.29) is 5.84 Å². The smallest absolute Gasteiger partial charge is 0.173 e. The van der Waals surface area contributed by atoms with Crippen molar-refractivity contribution in [2.45, 2.75) is 27.2 Å². The maximum Gasteiger partial charge on any atom is 0.173 e. The molecule has 5 heteroatoms. The molecule has 5 nitrogen and oxygen atoms in total. The Kier molecular flexibility index (Phi) is 4.42. The molecule has 0 radical (unpaired) electrons. The summed E-state index contributed by atoms with van der Waals surface area (Å²) in [5.74, 6) is 1.28. The lowest BCUT2D eigenvalue weighted by Gasteiger charge is -2.15. The highest BCUT2D eigenvalue weighted by atomic mass is 16.5. The maximum atomic E-state index is 8.90. The minimum Gasteiger partial charge on any atom is -0.454 e. The topological polar surface area (TPSA) is 80.7 Å². The zero-order chi connectivity index (χ0) is 15.4. The van der Waals surface area contributed by atoms with Crippen LogP contribution in [0.1, 0.15) is 29.4 Å². The first-order valence-corrected chi connectivity index (χ1v) is 6.78. The second-order valence-electron chi connectivity index (χ2n) is 4.79. The van der Waals surface area contributed by atoms with Gasteiger partial charge < -0.3 is 15.7 Å². The van der Waals surface area contributed by atoms with E-state index in [1.807, 2.05) is 45.0 Å². The van der Waals surface area contributed by atoms with Crippen LogP contribution < -0.4 is 10.5 Å². The summed E-state index contributed by atoms with van der Waals surface area (Å²) in [5, 5.41) is 12.0. The maximum absolute atomic E-state index is 8.90. The van der Waals surface area contributed by atoms with Crippen LogP contribution in [0.5, 0.6) is 11.5 Å². The summed E-state index contributed by atoms with van der Waals surface area (Å²) in [6.45, 7) is 5.88. The molecule has 0 spiro atoms. The summed E-state index contributed by atoms with van der Waals surface area (Å²) in [7, 11) is 0. The molecule has 0 saturated carbocycles. The SMILES string of the molecule is CCc1nc(C)ccc1Oc1c(C)cccc1/C(N)=N/O. The summed E-state index contributed by atoms with van der Waals surface area (Å²) in [5.41, 5.74) is 9.00. The van der Waals surface area contributed by atoms with Gasteiger partial charge in [0.15, 0.2) is 5.84 Å². The number of aromatic nitrogens is 1. The van der Waals surface area contributed by atoms with Crippen molar-refractivity contribution in [2.24, 2.45) is 10.9 Å². The molecule has 2 rings (SSSR count). The van der Waals surface area contributed by atoms with Gasteiger partial charge in [-0.05, 0) is 44.0 Å². The molecule has 1 aromatic heterocycles. The van der Waals surface area contributed by atoms with Crippen LogP contribution in [0.2, 0.25) is 0 Å². The first kappa shape index (κ1) is 14.8. The minimum atomic E-state index is 0.0202. The number of amidine groups is 1. The summed E-state index contributed by atoms with van der Waals surface area (Å²) in [6.07, 6.45) is 0.766.